The van der Waals surface area contributed by atoms with Gasteiger partial charge in [-0.3, -0.25) is 0 Å². The maximum atomic E-state index is 13.2. The minimum Gasteiger partial charge on any atom is -0.444 e. The van der Waals surface area contributed by atoms with Crippen LogP contribution in [0.3, 0.4) is 0 Å². The molecule has 0 radical (unpaired) electrons. The summed E-state index contributed by atoms with van der Waals surface area (Å²) in [7, 11) is 0. The van der Waals surface area contributed by atoms with Crippen LogP contribution in [-0.4, -0.2) is 29.4 Å². The first-order chi connectivity index (χ1) is 8.97. The normalized spacial score (nSPS) is 22.7. The molecular formula is C14H23F2NO3. The molecule has 0 aromatic carbocycles. The number of rotatable bonds is 3. The van der Waals surface area contributed by atoms with Crippen molar-refractivity contribution >= 4 is 12.4 Å². The van der Waals surface area contributed by atoms with E-state index in [1.165, 1.54) is 0 Å². The first kappa shape index (κ1) is 16.9. The summed E-state index contributed by atoms with van der Waals surface area (Å²) in [5.74, 6) is -2.96. The van der Waals surface area contributed by atoms with Crippen molar-refractivity contribution in [3.8, 4) is 0 Å². The quantitative estimate of drug-likeness (QED) is 0.812. The Balaban J connectivity index is 2.68. The fraction of sp³-hybridized carbons (Fsp3) is 0.857. The van der Waals surface area contributed by atoms with Gasteiger partial charge in [0.15, 0.2) is 0 Å². The molecule has 20 heavy (non-hydrogen) atoms. The first-order valence-corrected chi connectivity index (χ1v) is 6.83. The standard InChI is InChI=1S/C14H23F2NO3/c1-12(2,3)20-11(19)17-13(4,9-18)10-5-7-14(15,16)8-6-10/h9-10H,5-8H2,1-4H3,(H,17,19). The molecule has 1 amide bonds. The van der Waals surface area contributed by atoms with E-state index in [0.717, 1.165) is 0 Å². The highest BCUT2D eigenvalue weighted by molar-refractivity contribution is 5.76. The molecule has 1 saturated carbocycles. The molecule has 1 aliphatic carbocycles. The van der Waals surface area contributed by atoms with E-state index in [4.69, 9.17) is 4.74 Å². The van der Waals surface area contributed by atoms with Crippen molar-refractivity contribution in [2.75, 3.05) is 0 Å². The number of hydrogen-bond acceptors (Lipinski definition) is 3. The van der Waals surface area contributed by atoms with Crippen LogP contribution in [0.4, 0.5) is 13.6 Å². The van der Waals surface area contributed by atoms with E-state index in [9.17, 15) is 18.4 Å². The number of amides is 1. The topological polar surface area (TPSA) is 55.4 Å². The summed E-state index contributed by atoms with van der Waals surface area (Å²) >= 11 is 0. The molecule has 4 nitrogen and oxygen atoms in total. The number of halogens is 2. The number of ether oxygens (including phenoxy) is 1. The van der Waals surface area contributed by atoms with E-state index in [2.05, 4.69) is 5.32 Å². The van der Waals surface area contributed by atoms with E-state index >= 15 is 0 Å². The second kappa shape index (κ2) is 5.66. The third kappa shape index (κ3) is 4.72. The Bertz CT molecular complexity index is 369. The second-order valence-electron chi connectivity index (χ2n) is 6.66. The highest BCUT2D eigenvalue weighted by Gasteiger charge is 2.43. The van der Waals surface area contributed by atoms with Crippen molar-refractivity contribution in [2.45, 2.75) is 70.4 Å². The molecule has 1 atom stereocenters. The zero-order chi connectivity index (χ0) is 15.6. The van der Waals surface area contributed by atoms with Gasteiger partial charge in [0.1, 0.15) is 11.9 Å². The summed E-state index contributed by atoms with van der Waals surface area (Å²) in [6.07, 6.45) is -0.181. The maximum Gasteiger partial charge on any atom is 0.408 e. The lowest BCUT2D eigenvalue weighted by molar-refractivity contribution is -0.117. The smallest absolute Gasteiger partial charge is 0.408 e. The van der Waals surface area contributed by atoms with E-state index in [1.54, 1.807) is 27.7 Å². The third-order valence-electron chi connectivity index (χ3n) is 3.58. The molecule has 1 fully saturated rings. The number of carbonyl (C=O) groups is 2. The Labute approximate surface area is 118 Å². The van der Waals surface area contributed by atoms with Crippen LogP contribution in [0.25, 0.3) is 0 Å². The van der Waals surface area contributed by atoms with Gasteiger partial charge in [0.25, 0.3) is 0 Å². The van der Waals surface area contributed by atoms with Crippen molar-refractivity contribution in [2.24, 2.45) is 5.92 Å². The summed E-state index contributed by atoms with van der Waals surface area (Å²) in [6.45, 7) is 6.70. The Morgan fingerprint density at radius 2 is 1.75 bits per heavy atom. The lowest BCUT2D eigenvalue weighted by Gasteiger charge is -2.38. The molecule has 1 rings (SSSR count). The van der Waals surface area contributed by atoms with Gasteiger partial charge in [-0.1, -0.05) is 0 Å². The number of nitrogens with one attached hydrogen (secondary N) is 1. The van der Waals surface area contributed by atoms with E-state index in [0.29, 0.717) is 6.29 Å². The van der Waals surface area contributed by atoms with Crippen molar-refractivity contribution in [1.29, 1.82) is 0 Å². The van der Waals surface area contributed by atoms with Crippen LogP contribution < -0.4 is 5.32 Å². The van der Waals surface area contributed by atoms with Gasteiger partial charge in [-0.25, -0.2) is 13.6 Å². The molecule has 1 unspecified atom stereocenters. The van der Waals surface area contributed by atoms with Crippen molar-refractivity contribution in [1.82, 2.24) is 5.32 Å². The van der Waals surface area contributed by atoms with Crippen LogP contribution >= 0.6 is 0 Å². The summed E-state index contributed by atoms with van der Waals surface area (Å²) in [4.78, 5) is 23.1. The largest absolute Gasteiger partial charge is 0.444 e. The average molecular weight is 291 g/mol. The van der Waals surface area contributed by atoms with Crippen molar-refractivity contribution in [3.63, 3.8) is 0 Å². The molecule has 0 aliphatic heterocycles. The summed E-state index contributed by atoms with van der Waals surface area (Å²) in [5.41, 5.74) is -1.84. The van der Waals surface area contributed by atoms with Gasteiger partial charge in [0.2, 0.25) is 5.92 Å². The van der Waals surface area contributed by atoms with Gasteiger partial charge in [0, 0.05) is 12.8 Å². The van der Waals surface area contributed by atoms with Crippen LogP contribution in [0.2, 0.25) is 0 Å². The van der Waals surface area contributed by atoms with Crippen LogP contribution in [0.1, 0.15) is 53.4 Å². The summed E-state index contributed by atoms with van der Waals surface area (Å²) in [6, 6.07) is 0. The van der Waals surface area contributed by atoms with E-state index in [-0.39, 0.29) is 31.6 Å². The molecule has 1 N–H and O–H groups in total. The third-order valence-corrected chi connectivity index (χ3v) is 3.58. The van der Waals surface area contributed by atoms with Crippen molar-refractivity contribution in [3.05, 3.63) is 0 Å². The molecule has 1 aliphatic rings. The highest BCUT2D eigenvalue weighted by atomic mass is 19.3. The molecule has 116 valence electrons. The van der Waals surface area contributed by atoms with Gasteiger partial charge >= 0.3 is 6.09 Å². The fourth-order valence-electron chi connectivity index (χ4n) is 2.39. The van der Waals surface area contributed by atoms with Crippen molar-refractivity contribution < 1.29 is 23.1 Å². The Morgan fingerprint density at radius 1 is 1.25 bits per heavy atom. The molecule has 0 saturated heterocycles. The SMILES string of the molecule is CC(C)(C)OC(=O)NC(C)(C=O)C1CCC(F)(F)CC1. The zero-order valence-electron chi connectivity index (χ0n) is 12.5. The van der Waals surface area contributed by atoms with Gasteiger partial charge in [-0.05, 0) is 46.5 Å². The number of hydrogen-bond donors (Lipinski definition) is 1. The lowest BCUT2D eigenvalue weighted by Crippen LogP contribution is -2.55. The molecule has 0 spiro atoms. The van der Waals surface area contributed by atoms with Gasteiger partial charge in [0.05, 0.1) is 5.54 Å². The Kier molecular flexibility index (Phi) is 4.77. The van der Waals surface area contributed by atoms with Crippen LogP contribution in [0, 0.1) is 5.92 Å². The highest BCUT2D eigenvalue weighted by Crippen LogP contribution is 2.40. The fourth-order valence-corrected chi connectivity index (χ4v) is 2.39. The molecule has 0 bridgehead atoms. The molecule has 6 heteroatoms. The summed E-state index contributed by atoms with van der Waals surface area (Å²) < 4.78 is 31.4. The predicted molar refractivity (Wildman–Crippen MR) is 70.7 cm³/mol. The van der Waals surface area contributed by atoms with Crippen LogP contribution in [-0.2, 0) is 9.53 Å². The number of carbonyl (C=O) groups excluding carboxylic acids is 2. The predicted octanol–water partition coefficient (Wildman–Crippen LogP) is 3.29. The lowest BCUT2D eigenvalue weighted by atomic mass is 9.75. The number of alkyl carbamates (subject to hydrolysis) is 1. The Hall–Kier alpha value is -1.20. The summed E-state index contributed by atoms with van der Waals surface area (Å²) in [5, 5.41) is 2.52. The number of alkyl halides is 2. The maximum absolute atomic E-state index is 13.2. The Morgan fingerprint density at radius 3 is 2.15 bits per heavy atom. The first-order valence-electron chi connectivity index (χ1n) is 6.83. The minimum absolute atomic E-state index is 0.206. The molecule has 0 heterocycles. The second-order valence-corrected chi connectivity index (χ2v) is 6.66. The van der Waals surface area contributed by atoms with Crippen LogP contribution in [0.15, 0.2) is 0 Å². The van der Waals surface area contributed by atoms with Gasteiger partial charge in [-0.15, -0.1) is 0 Å². The zero-order valence-corrected chi connectivity index (χ0v) is 12.5. The average Bonchev–Trinajstić information content (AvgIpc) is 2.25. The molecule has 0 aromatic rings. The van der Waals surface area contributed by atoms with E-state index < -0.39 is 23.2 Å². The van der Waals surface area contributed by atoms with Gasteiger partial charge in [-0.2, -0.15) is 0 Å². The van der Waals surface area contributed by atoms with Crippen LogP contribution in [0.5, 0.6) is 0 Å². The monoisotopic (exact) mass is 291 g/mol. The molecular weight excluding hydrogens is 268 g/mol. The minimum atomic E-state index is -2.66. The van der Waals surface area contributed by atoms with E-state index in [1.807, 2.05) is 0 Å². The number of aldehydes is 1. The van der Waals surface area contributed by atoms with Gasteiger partial charge < -0.3 is 14.8 Å². The molecule has 0 aromatic heterocycles.